The van der Waals surface area contributed by atoms with Crippen LogP contribution in [0.5, 0.6) is 0 Å². The molecule has 0 aliphatic carbocycles. The van der Waals surface area contributed by atoms with E-state index < -0.39 is 0 Å². The van der Waals surface area contributed by atoms with E-state index in [0.717, 1.165) is 22.4 Å². The first kappa shape index (κ1) is 12.5. The molecule has 3 rings (SSSR count). The molecule has 1 amide bonds. The number of aromatic amines is 1. The van der Waals surface area contributed by atoms with Crippen LogP contribution >= 0.6 is 0 Å². The van der Waals surface area contributed by atoms with Gasteiger partial charge in [0.1, 0.15) is 11.5 Å². The zero-order chi connectivity index (χ0) is 14.1. The summed E-state index contributed by atoms with van der Waals surface area (Å²) in [4.78, 5) is 15.3. The van der Waals surface area contributed by atoms with Crippen LogP contribution in [-0.4, -0.2) is 10.9 Å². The van der Waals surface area contributed by atoms with Gasteiger partial charge in [-0.3, -0.25) is 4.79 Å². The highest BCUT2D eigenvalue weighted by Gasteiger charge is 2.14. The van der Waals surface area contributed by atoms with Crippen molar-refractivity contribution in [3.8, 4) is 0 Å². The molecule has 0 saturated carbocycles. The zero-order valence-electron chi connectivity index (χ0n) is 11.4. The van der Waals surface area contributed by atoms with Gasteiger partial charge in [-0.25, -0.2) is 0 Å². The van der Waals surface area contributed by atoms with E-state index in [1.807, 2.05) is 56.4 Å². The molecule has 0 bridgehead atoms. The van der Waals surface area contributed by atoms with Crippen molar-refractivity contribution in [3.05, 3.63) is 59.7 Å². The number of rotatable bonds is 3. The highest BCUT2D eigenvalue weighted by molar-refractivity contribution is 5.98. The average molecular weight is 268 g/mol. The lowest BCUT2D eigenvalue weighted by Crippen LogP contribution is -2.26. The highest BCUT2D eigenvalue weighted by Crippen LogP contribution is 2.18. The third-order valence-electron chi connectivity index (χ3n) is 3.35. The fourth-order valence-corrected chi connectivity index (χ4v) is 2.23. The Morgan fingerprint density at radius 2 is 2.10 bits per heavy atom. The molecule has 2 N–H and O–H groups in total. The number of aryl methyl sites for hydroxylation is 1. The predicted molar refractivity (Wildman–Crippen MR) is 77.6 cm³/mol. The molecular weight excluding hydrogens is 252 g/mol. The lowest BCUT2D eigenvalue weighted by atomic mass is 10.1. The first-order valence-corrected chi connectivity index (χ1v) is 6.58. The van der Waals surface area contributed by atoms with Crippen molar-refractivity contribution in [2.45, 2.75) is 19.9 Å². The lowest BCUT2D eigenvalue weighted by molar-refractivity contribution is 0.0935. The number of carbonyl (C=O) groups is 1. The Morgan fingerprint density at radius 1 is 1.25 bits per heavy atom. The Balaban J connectivity index is 1.78. The third kappa shape index (κ3) is 2.32. The van der Waals surface area contributed by atoms with Crippen LogP contribution in [0.1, 0.15) is 34.8 Å². The van der Waals surface area contributed by atoms with E-state index >= 15 is 0 Å². The van der Waals surface area contributed by atoms with Gasteiger partial charge in [0.2, 0.25) is 0 Å². The first-order chi connectivity index (χ1) is 9.63. The van der Waals surface area contributed by atoms with Crippen LogP contribution in [0.25, 0.3) is 10.9 Å². The van der Waals surface area contributed by atoms with Crippen molar-refractivity contribution in [3.63, 3.8) is 0 Å². The van der Waals surface area contributed by atoms with Crippen molar-refractivity contribution in [2.75, 3.05) is 0 Å². The van der Waals surface area contributed by atoms with Crippen molar-refractivity contribution in [1.29, 1.82) is 0 Å². The molecule has 0 spiro atoms. The molecule has 0 saturated heterocycles. The number of amides is 1. The highest BCUT2D eigenvalue weighted by atomic mass is 16.3. The molecule has 0 aliphatic heterocycles. The van der Waals surface area contributed by atoms with Gasteiger partial charge in [-0.05, 0) is 49.6 Å². The Kier molecular flexibility index (Phi) is 3.06. The van der Waals surface area contributed by atoms with Gasteiger partial charge in [-0.2, -0.15) is 0 Å². The molecule has 20 heavy (non-hydrogen) atoms. The van der Waals surface area contributed by atoms with Crippen molar-refractivity contribution in [2.24, 2.45) is 0 Å². The zero-order valence-corrected chi connectivity index (χ0v) is 11.4. The topological polar surface area (TPSA) is 58.0 Å². The Morgan fingerprint density at radius 3 is 2.85 bits per heavy atom. The molecule has 1 unspecified atom stereocenters. The van der Waals surface area contributed by atoms with Crippen molar-refractivity contribution >= 4 is 16.8 Å². The summed E-state index contributed by atoms with van der Waals surface area (Å²) in [5, 5.41) is 4.03. The summed E-state index contributed by atoms with van der Waals surface area (Å²) in [5.41, 5.74) is 1.59. The number of carbonyl (C=O) groups excluding carboxylic acids is 1. The summed E-state index contributed by atoms with van der Waals surface area (Å²) >= 11 is 0. The minimum absolute atomic E-state index is 0.108. The standard InChI is InChI=1S/C16H16N2O2/c1-10-3-6-15(20-10)11(2)18-16(19)13-5-4-12-7-8-17-14(12)9-13/h3-9,11,17H,1-2H3,(H,18,19). The number of aromatic nitrogens is 1. The number of benzene rings is 1. The molecule has 1 atom stereocenters. The number of furan rings is 1. The van der Waals surface area contributed by atoms with Gasteiger partial charge in [0.15, 0.2) is 0 Å². The molecule has 0 fully saturated rings. The third-order valence-corrected chi connectivity index (χ3v) is 3.35. The van der Waals surface area contributed by atoms with Gasteiger partial charge in [0, 0.05) is 17.3 Å². The Bertz CT molecular complexity index is 755. The van der Waals surface area contributed by atoms with E-state index in [9.17, 15) is 4.79 Å². The molecule has 102 valence electrons. The van der Waals surface area contributed by atoms with E-state index in [1.165, 1.54) is 0 Å². The van der Waals surface area contributed by atoms with Gasteiger partial charge >= 0.3 is 0 Å². The van der Waals surface area contributed by atoms with Gasteiger partial charge in [0.05, 0.1) is 6.04 Å². The number of hydrogen-bond acceptors (Lipinski definition) is 2. The van der Waals surface area contributed by atoms with E-state index in [1.54, 1.807) is 0 Å². The summed E-state index contributed by atoms with van der Waals surface area (Å²) in [6, 6.07) is 11.2. The number of fused-ring (bicyclic) bond motifs is 1. The molecule has 1 aromatic carbocycles. The molecule has 2 heterocycles. The maximum absolute atomic E-state index is 12.2. The fraction of sp³-hybridized carbons (Fsp3) is 0.188. The van der Waals surface area contributed by atoms with Gasteiger partial charge in [-0.15, -0.1) is 0 Å². The predicted octanol–water partition coefficient (Wildman–Crippen LogP) is 3.56. The maximum Gasteiger partial charge on any atom is 0.251 e. The van der Waals surface area contributed by atoms with Crippen LogP contribution < -0.4 is 5.32 Å². The number of hydrogen-bond donors (Lipinski definition) is 2. The summed E-state index contributed by atoms with van der Waals surface area (Å²) in [7, 11) is 0. The lowest BCUT2D eigenvalue weighted by Gasteiger charge is -2.11. The Hall–Kier alpha value is -2.49. The molecule has 0 radical (unpaired) electrons. The summed E-state index contributed by atoms with van der Waals surface area (Å²) < 4.78 is 5.52. The summed E-state index contributed by atoms with van der Waals surface area (Å²) in [6.45, 7) is 3.79. The molecule has 2 aromatic heterocycles. The van der Waals surface area contributed by atoms with Gasteiger partial charge < -0.3 is 14.7 Å². The Labute approximate surface area is 116 Å². The number of H-pyrrole nitrogens is 1. The summed E-state index contributed by atoms with van der Waals surface area (Å²) in [5.74, 6) is 1.49. The maximum atomic E-state index is 12.2. The van der Waals surface area contributed by atoms with Crippen LogP contribution in [-0.2, 0) is 0 Å². The SMILES string of the molecule is Cc1ccc(C(C)NC(=O)c2ccc3cc[nH]c3c2)o1. The quantitative estimate of drug-likeness (QED) is 0.763. The molecule has 0 aliphatic rings. The van der Waals surface area contributed by atoms with Gasteiger partial charge in [-0.1, -0.05) is 6.07 Å². The van der Waals surface area contributed by atoms with Crippen LogP contribution in [0.2, 0.25) is 0 Å². The fourth-order valence-electron chi connectivity index (χ4n) is 2.23. The second kappa shape index (κ2) is 4.89. The van der Waals surface area contributed by atoms with Crippen LogP contribution in [0.3, 0.4) is 0 Å². The minimum Gasteiger partial charge on any atom is -0.464 e. The van der Waals surface area contributed by atoms with Crippen LogP contribution in [0.15, 0.2) is 47.0 Å². The smallest absolute Gasteiger partial charge is 0.251 e. The van der Waals surface area contributed by atoms with E-state index in [2.05, 4.69) is 10.3 Å². The molecule has 4 nitrogen and oxygen atoms in total. The normalized spacial score (nSPS) is 12.5. The molecule has 4 heteroatoms. The van der Waals surface area contributed by atoms with E-state index in [4.69, 9.17) is 4.42 Å². The van der Waals surface area contributed by atoms with Crippen LogP contribution in [0, 0.1) is 6.92 Å². The van der Waals surface area contributed by atoms with E-state index in [-0.39, 0.29) is 11.9 Å². The van der Waals surface area contributed by atoms with Crippen LogP contribution in [0.4, 0.5) is 0 Å². The molecular formula is C16H16N2O2. The second-order valence-corrected chi connectivity index (χ2v) is 4.92. The second-order valence-electron chi connectivity index (χ2n) is 4.92. The minimum atomic E-state index is -0.157. The monoisotopic (exact) mass is 268 g/mol. The van der Waals surface area contributed by atoms with E-state index in [0.29, 0.717) is 5.56 Å². The first-order valence-electron chi connectivity index (χ1n) is 6.58. The summed E-state index contributed by atoms with van der Waals surface area (Å²) in [6.07, 6.45) is 1.86. The molecule has 3 aromatic rings. The number of nitrogens with one attached hydrogen (secondary N) is 2. The van der Waals surface area contributed by atoms with Gasteiger partial charge in [0.25, 0.3) is 5.91 Å². The average Bonchev–Trinajstić information content (AvgIpc) is 3.05. The largest absolute Gasteiger partial charge is 0.464 e. The van der Waals surface area contributed by atoms with Crippen molar-refractivity contribution in [1.82, 2.24) is 10.3 Å². The van der Waals surface area contributed by atoms with Crippen molar-refractivity contribution < 1.29 is 9.21 Å².